The lowest BCUT2D eigenvalue weighted by Crippen LogP contribution is -2.29. The van der Waals surface area contributed by atoms with Gasteiger partial charge in [-0.05, 0) is 53.1 Å². The second-order valence-corrected chi connectivity index (χ2v) is 6.16. The molecule has 1 fully saturated rings. The van der Waals surface area contributed by atoms with E-state index >= 15 is 0 Å². The Bertz CT molecular complexity index is 490. The van der Waals surface area contributed by atoms with Crippen molar-refractivity contribution < 1.29 is 9.59 Å². The fourth-order valence-corrected chi connectivity index (χ4v) is 2.45. The van der Waals surface area contributed by atoms with Crippen molar-refractivity contribution in [3.05, 3.63) is 27.8 Å². The molecular formula is C14H17IN2O2. The van der Waals surface area contributed by atoms with Gasteiger partial charge in [0.2, 0.25) is 11.8 Å². The third-order valence-electron chi connectivity index (χ3n) is 3.21. The maximum atomic E-state index is 11.7. The Kier molecular flexibility index (Phi) is 4.79. The van der Waals surface area contributed by atoms with Crippen LogP contribution in [-0.2, 0) is 9.59 Å². The lowest BCUT2D eigenvalue weighted by atomic mass is 10.3. The largest absolute Gasteiger partial charge is 0.355 e. The lowest BCUT2D eigenvalue weighted by molar-refractivity contribution is -0.122. The predicted octanol–water partition coefficient (Wildman–Crippen LogP) is 2.39. The average Bonchev–Trinajstić information content (AvgIpc) is 3.06. The molecule has 2 atom stereocenters. The topological polar surface area (TPSA) is 58.2 Å². The number of carbonyl (C=O) groups is 2. The van der Waals surface area contributed by atoms with E-state index in [2.05, 4.69) is 40.1 Å². The number of halogens is 1. The number of benzene rings is 1. The van der Waals surface area contributed by atoms with Crippen LogP contribution in [0, 0.1) is 15.4 Å². The summed E-state index contributed by atoms with van der Waals surface area (Å²) < 4.78 is 1.08. The lowest BCUT2D eigenvalue weighted by Gasteiger charge is -2.06. The summed E-state index contributed by atoms with van der Waals surface area (Å²) in [7, 11) is 0. The first-order valence-corrected chi connectivity index (χ1v) is 7.47. The molecular weight excluding hydrogens is 355 g/mol. The van der Waals surface area contributed by atoms with Crippen LogP contribution in [0.15, 0.2) is 24.3 Å². The summed E-state index contributed by atoms with van der Waals surface area (Å²) >= 11 is 2.20. The van der Waals surface area contributed by atoms with Gasteiger partial charge in [0.1, 0.15) is 0 Å². The molecule has 0 bridgehead atoms. The maximum absolute atomic E-state index is 11.7. The minimum absolute atomic E-state index is 0.0776. The molecule has 0 aromatic heterocycles. The SMILES string of the molecule is CC1CC1C(=O)NCCC(=O)Nc1cccc(I)c1. The van der Waals surface area contributed by atoms with Gasteiger partial charge in [-0.3, -0.25) is 9.59 Å². The van der Waals surface area contributed by atoms with E-state index in [4.69, 9.17) is 0 Å². The zero-order valence-electron chi connectivity index (χ0n) is 10.8. The van der Waals surface area contributed by atoms with E-state index in [9.17, 15) is 9.59 Å². The second kappa shape index (κ2) is 6.36. The summed E-state index contributed by atoms with van der Waals surface area (Å²) in [5.41, 5.74) is 0.791. The van der Waals surface area contributed by atoms with Crippen LogP contribution < -0.4 is 10.6 Å². The number of nitrogens with one attached hydrogen (secondary N) is 2. The van der Waals surface area contributed by atoms with Crippen molar-refractivity contribution in [3.8, 4) is 0 Å². The minimum atomic E-state index is -0.0776. The van der Waals surface area contributed by atoms with E-state index in [1.165, 1.54) is 0 Å². The molecule has 2 unspecified atom stereocenters. The van der Waals surface area contributed by atoms with Crippen LogP contribution in [0.2, 0.25) is 0 Å². The van der Waals surface area contributed by atoms with Crippen molar-refractivity contribution in [2.75, 3.05) is 11.9 Å². The highest BCUT2D eigenvalue weighted by atomic mass is 127. The first-order valence-electron chi connectivity index (χ1n) is 6.39. The summed E-state index contributed by atoms with van der Waals surface area (Å²) in [5.74, 6) is 0.666. The summed E-state index contributed by atoms with van der Waals surface area (Å²) in [6, 6.07) is 7.62. The molecule has 1 aliphatic rings. The first-order chi connectivity index (χ1) is 9.06. The molecule has 1 aromatic carbocycles. The fourth-order valence-electron chi connectivity index (χ4n) is 1.91. The number of carbonyl (C=O) groups excluding carboxylic acids is 2. The molecule has 0 radical (unpaired) electrons. The van der Waals surface area contributed by atoms with Gasteiger partial charge in [-0.15, -0.1) is 0 Å². The summed E-state index contributed by atoms with van der Waals surface area (Å²) in [5, 5.41) is 5.62. The highest BCUT2D eigenvalue weighted by Crippen LogP contribution is 2.37. The molecule has 19 heavy (non-hydrogen) atoms. The predicted molar refractivity (Wildman–Crippen MR) is 82.7 cm³/mol. The smallest absolute Gasteiger partial charge is 0.226 e. The molecule has 2 rings (SSSR count). The van der Waals surface area contributed by atoms with Crippen LogP contribution in [-0.4, -0.2) is 18.4 Å². The molecule has 1 aromatic rings. The molecule has 0 saturated heterocycles. The van der Waals surface area contributed by atoms with Crippen molar-refractivity contribution in [1.82, 2.24) is 5.32 Å². The molecule has 5 heteroatoms. The Balaban J connectivity index is 1.68. The summed E-state index contributed by atoms with van der Waals surface area (Å²) in [6.07, 6.45) is 1.28. The van der Waals surface area contributed by atoms with Gasteiger partial charge in [0.15, 0.2) is 0 Å². The Hall–Kier alpha value is -1.11. The van der Waals surface area contributed by atoms with E-state index in [1.54, 1.807) is 0 Å². The van der Waals surface area contributed by atoms with Gasteiger partial charge in [-0.1, -0.05) is 13.0 Å². The number of hydrogen-bond donors (Lipinski definition) is 2. The van der Waals surface area contributed by atoms with Gasteiger partial charge < -0.3 is 10.6 Å². The Morgan fingerprint density at radius 2 is 2.16 bits per heavy atom. The molecule has 2 N–H and O–H groups in total. The molecule has 1 aliphatic carbocycles. The molecule has 102 valence electrons. The van der Waals surface area contributed by atoms with Gasteiger partial charge in [-0.25, -0.2) is 0 Å². The van der Waals surface area contributed by atoms with Gasteiger partial charge in [0.25, 0.3) is 0 Å². The van der Waals surface area contributed by atoms with Crippen molar-refractivity contribution in [3.63, 3.8) is 0 Å². The van der Waals surface area contributed by atoms with Crippen LogP contribution in [0.5, 0.6) is 0 Å². The van der Waals surface area contributed by atoms with Crippen LogP contribution in [0.1, 0.15) is 19.8 Å². The number of anilines is 1. The van der Waals surface area contributed by atoms with Gasteiger partial charge >= 0.3 is 0 Å². The molecule has 2 amide bonds. The Labute approximate surface area is 126 Å². The highest BCUT2D eigenvalue weighted by molar-refractivity contribution is 14.1. The van der Waals surface area contributed by atoms with Gasteiger partial charge in [0, 0.05) is 28.1 Å². The first kappa shape index (κ1) is 14.3. The third kappa shape index (κ3) is 4.49. The van der Waals surface area contributed by atoms with Crippen LogP contribution in [0.3, 0.4) is 0 Å². The Morgan fingerprint density at radius 3 is 2.79 bits per heavy atom. The van der Waals surface area contributed by atoms with Gasteiger partial charge in [0.05, 0.1) is 0 Å². The fraction of sp³-hybridized carbons (Fsp3) is 0.429. The van der Waals surface area contributed by atoms with E-state index in [0.29, 0.717) is 18.9 Å². The van der Waals surface area contributed by atoms with Crippen LogP contribution in [0.4, 0.5) is 5.69 Å². The zero-order valence-corrected chi connectivity index (χ0v) is 12.9. The van der Waals surface area contributed by atoms with E-state index < -0.39 is 0 Å². The van der Waals surface area contributed by atoms with Crippen molar-refractivity contribution in [2.45, 2.75) is 19.8 Å². The molecule has 0 heterocycles. The highest BCUT2D eigenvalue weighted by Gasteiger charge is 2.38. The molecule has 1 saturated carbocycles. The molecule has 0 spiro atoms. The monoisotopic (exact) mass is 372 g/mol. The number of rotatable bonds is 5. The maximum Gasteiger partial charge on any atom is 0.226 e. The standard InChI is InChI=1S/C14H17IN2O2/c1-9-7-12(9)14(19)16-6-5-13(18)17-11-4-2-3-10(15)8-11/h2-4,8-9,12H,5-7H2,1H3,(H,16,19)(H,17,18). The molecule has 0 aliphatic heterocycles. The van der Waals surface area contributed by atoms with Crippen molar-refractivity contribution in [2.24, 2.45) is 11.8 Å². The van der Waals surface area contributed by atoms with E-state index in [1.807, 2.05) is 24.3 Å². The summed E-state index contributed by atoms with van der Waals surface area (Å²) in [6.45, 7) is 2.46. The number of hydrogen-bond acceptors (Lipinski definition) is 2. The van der Waals surface area contributed by atoms with E-state index in [-0.39, 0.29) is 17.7 Å². The summed E-state index contributed by atoms with van der Waals surface area (Å²) in [4.78, 5) is 23.2. The van der Waals surface area contributed by atoms with Crippen molar-refractivity contribution in [1.29, 1.82) is 0 Å². The number of amides is 2. The van der Waals surface area contributed by atoms with Crippen LogP contribution in [0.25, 0.3) is 0 Å². The quantitative estimate of drug-likeness (QED) is 0.780. The van der Waals surface area contributed by atoms with Crippen LogP contribution >= 0.6 is 22.6 Å². The van der Waals surface area contributed by atoms with Crippen molar-refractivity contribution >= 4 is 40.1 Å². The normalized spacial score (nSPS) is 20.7. The van der Waals surface area contributed by atoms with E-state index in [0.717, 1.165) is 15.7 Å². The zero-order chi connectivity index (χ0) is 13.8. The van der Waals surface area contributed by atoms with Gasteiger partial charge in [-0.2, -0.15) is 0 Å². The molecule has 4 nitrogen and oxygen atoms in total. The second-order valence-electron chi connectivity index (χ2n) is 4.92. The minimum Gasteiger partial charge on any atom is -0.355 e. The Morgan fingerprint density at radius 1 is 1.42 bits per heavy atom. The third-order valence-corrected chi connectivity index (χ3v) is 3.88. The average molecular weight is 372 g/mol.